The largest absolute Gasteiger partial charge is 0.303 e. The van der Waals surface area contributed by atoms with Crippen molar-refractivity contribution in [3.05, 3.63) is 54.1 Å². The Bertz CT molecular complexity index is 703. The second kappa shape index (κ2) is 4.41. The fraction of sp³-hybridized carbons (Fsp3) is 0.0714. The number of aldehydes is 1. The number of benzene rings is 2. The Labute approximate surface area is 104 Å². The summed E-state index contributed by atoms with van der Waals surface area (Å²) in [5.74, 6) is 0. The van der Waals surface area contributed by atoms with Crippen LogP contribution in [-0.4, -0.2) is 21.3 Å². The van der Waals surface area contributed by atoms with Gasteiger partial charge in [0.1, 0.15) is 11.8 Å². The average molecular weight is 237 g/mol. The number of hydrogen-bond donors (Lipinski definition) is 0. The second-order valence-corrected chi connectivity index (χ2v) is 4.03. The first kappa shape index (κ1) is 10.7. The zero-order chi connectivity index (χ0) is 12.4. The van der Waals surface area contributed by atoms with Crippen molar-refractivity contribution in [3.8, 4) is 5.69 Å². The van der Waals surface area contributed by atoms with E-state index in [4.69, 9.17) is 0 Å². The van der Waals surface area contributed by atoms with E-state index in [0.717, 1.165) is 28.6 Å². The van der Waals surface area contributed by atoms with E-state index in [-0.39, 0.29) is 0 Å². The molecule has 1 aromatic heterocycles. The number of nitrogens with zero attached hydrogens (tertiary/aromatic N) is 3. The summed E-state index contributed by atoms with van der Waals surface area (Å²) >= 11 is 0. The zero-order valence-electron chi connectivity index (χ0n) is 9.65. The van der Waals surface area contributed by atoms with E-state index in [0.29, 0.717) is 6.42 Å². The fourth-order valence-corrected chi connectivity index (χ4v) is 1.97. The molecule has 1 heterocycles. The van der Waals surface area contributed by atoms with Crippen LogP contribution in [0.5, 0.6) is 0 Å². The number of carbonyl (C=O) groups excluding carboxylic acids is 1. The lowest BCUT2D eigenvalue weighted by Crippen LogP contribution is -1.97. The van der Waals surface area contributed by atoms with E-state index in [2.05, 4.69) is 10.3 Å². The van der Waals surface area contributed by atoms with Gasteiger partial charge in [-0.1, -0.05) is 29.5 Å². The van der Waals surface area contributed by atoms with Crippen molar-refractivity contribution < 1.29 is 4.79 Å². The van der Waals surface area contributed by atoms with Gasteiger partial charge in [0.05, 0.1) is 11.2 Å². The summed E-state index contributed by atoms with van der Waals surface area (Å²) < 4.78 is 1.78. The Hall–Kier alpha value is -2.49. The van der Waals surface area contributed by atoms with Crippen molar-refractivity contribution >= 4 is 17.3 Å². The molecule has 0 aliphatic rings. The molecule has 0 saturated carbocycles. The van der Waals surface area contributed by atoms with Crippen LogP contribution in [0.2, 0.25) is 0 Å². The number of hydrogen-bond acceptors (Lipinski definition) is 3. The SMILES string of the molecule is O=CCc1cccc(-n2nnc3ccccc32)c1. The maximum atomic E-state index is 10.5. The van der Waals surface area contributed by atoms with Gasteiger partial charge in [-0.3, -0.25) is 0 Å². The minimum atomic E-state index is 0.417. The Kier molecular flexibility index (Phi) is 2.61. The lowest BCUT2D eigenvalue weighted by Gasteiger charge is -2.03. The molecule has 4 nitrogen and oxygen atoms in total. The first-order valence-corrected chi connectivity index (χ1v) is 5.72. The van der Waals surface area contributed by atoms with E-state index in [1.807, 2.05) is 48.5 Å². The first-order valence-electron chi connectivity index (χ1n) is 5.72. The van der Waals surface area contributed by atoms with Crippen LogP contribution in [0.1, 0.15) is 5.56 Å². The van der Waals surface area contributed by atoms with Crippen LogP contribution >= 0.6 is 0 Å². The van der Waals surface area contributed by atoms with Gasteiger partial charge in [0, 0.05) is 6.42 Å². The predicted octanol–water partition coefficient (Wildman–Crippen LogP) is 2.16. The lowest BCUT2D eigenvalue weighted by atomic mass is 10.1. The smallest absolute Gasteiger partial charge is 0.124 e. The van der Waals surface area contributed by atoms with E-state index in [1.54, 1.807) is 4.68 Å². The van der Waals surface area contributed by atoms with Crippen LogP contribution in [0.4, 0.5) is 0 Å². The topological polar surface area (TPSA) is 47.8 Å². The molecule has 0 unspecified atom stereocenters. The summed E-state index contributed by atoms with van der Waals surface area (Å²) in [6.45, 7) is 0. The Morgan fingerprint density at radius 2 is 2.00 bits per heavy atom. The van der Waals surface area contributed by atoms with Crippen LogP contribution in [0.15, 0.2) is 48.5 Å². The van der Waals surface area contributed by atoms with Gasteiger partial charge >= 0.3 is 0 Å². The molecule has 88 valence electrons. The summed E-state index contributed by atoms with van der Waals surface area (Å²) in [5.41, 5.74) is 3.71. The molecule has 4 heteroatoms. The number of aromatic nitrogens is 3. The second-order valence-electron chi connectivity index (χ2n) is 4.03. The van der Waals surface area contributed by atoms with Crippen molar-refractivity contribution in [2.24, 2.45) is 0 Å². The molecule has 0 aliphatic carbocycles. The van der Waals surface area contributed by atoms with Crippen molar-refractivity contribution in [3.63, 3.8) is 0 Å². The normalized spacial score (nSPS) is 10.7. The van der Waals surface area contributed by atoms with Crippen LogP contribution in [-0.2, 0) is 11.2 Å². The first-order chi connectivity index (χ1) is 8.88. The third-order valence-corrected chi connectivity index (χ3v) is 2.83. The van der Waals surface area contributed by atoms with Crippen LogP contribution < -0.4 is 0 Å². The molecule has 0 fully saturated rings. The van der Waals surface area contributed by atoms with Gasteiger partial charge in [-0.05, 0) is 29.8 Å². The summed E-state index contributed by atoms with van der Waals surface area (Å²) in [6.07, 6.45) is 1.32. The Balaban J connectivity index is 2.14. The molecule has 0 N–H and O–H groups in total. The fourth-order valence-electron chi connectivity index (χ4n) is 1.97. The highest BCUT2D eigenvalue weighted by Crippen LogP contribution is 2.16. The molecule has 2 aromatic carbocycles. The molecule has 18 heavy (non-hydrogen) atoms. The number of para-hydroxylation sites is 1. The zero-order valence-corrected chi connectivity index (χ0v) is 9.65. The van der Waals surface area contributed by atoms with E-state index >= 15 is 0 Å². The molecular formula is C14H11N3O. The van der Waals surface area contributed by atoms with Gasteiger partial charge in [-0.15, -0.1) is 5.10 Å². The van der Waals surface area contributed by atoms with Gasteiger partial charge < -0.3 is 4.79 Å². The quantitative estimate of drug-likeness (QED) is 0.656. The van der Waals surface area contributed by atoms with Crippen LogP contribution in [0.3, 0.4) is 0 Å². The van der Waals surface area contributed by atoms with E-state index in [9.17, 15) is 4.79 Å². The molecule has 0 amide bonds. The molecule has 0 saturated heterocycles. The average Bonchev–Trinajstić information content (AvgIpc) is 2.83. The Morgan fingerprint density at radius 3 is 2.89 bits per heavy atom. The highest BCUT2D eigenvalue weighted by molar-refractivity contribution is 5.76. The third kappa shape index (κ3) is 1.78. The molecule has 0 spiro atoms. The summed E-state index contributed by atoms with van der Waals surface area (Å²) in [6, 6.07) is 15.5. The lowest BCUT2D eigenvalue weighted by molar-refractivity contribution is -0.107. The minimum Gasteiger partial charge on any atom is -0.303 e. The molecular weight excluding hydrogens is 226 g/mol. The van der Waals surface area contributed by atoms with Crippen LogP contribution in [0.25, 0.3) is 16.7 Å². The molecule has 0 atom stereocenters. The summed E-state index contributed by atoms with van der Waals surface area (Å²) in [5, 5.41) is 8.26. The van der Waals surface area contributed by atoms with Gasteiger partial charge in [-0.25, -0.2) is 4.68 Å². The maximum Gasteiger partial charge on any atom is 0.124 e. The summed E-state index contributed by atoms with van der Waals surface area (Å²) in [7, 11) is 0. The highest BCUT2D eigenvalue weighted by atomic mass is 16.1. The monoisotopic (exact) mass is 237 g/mol. The van der Waals surface area contributed by atoms with E-state index < -0.39 is 0 Å². The molecule has 3 rings (SSSR count). The number of fused-ring (bicyclic) bond motifs is 1. The van der Waals surface area contributed by atoms with Crippen molar-refractivity contribution in [2.45, 2.75) is 6.42 Å². The van der Waals surface area contributed by atoms with Gasteiger partial charge in [0.15, 0.2) is 0 Å². The molecule has 0 radical (unpaired) electrons. The van der Waals surface area contributed by atoms with E-state index in [1.165, 1.54) is 0 Å². The number of carbonyl (C=O) groups is 1. The maximum absolute atomic E-state index is 10.5. The van der Waals surface area contributed by atoms with Gasteiger partial charge in [0.25, 0.3) is 0 Å². The predicted molar refractivity (Wildman–Crippen MR) is 68.6 cm³/mol. The summed E-state index contributed by atoms with van der Waals surface area (Å²) in [4.78, 5) is 10.5. The van der Waals surface area contributed by atoms with Crippen molar-refractivity contribution in [1.29, 1.82) is 0 Å². The van der Waals surface area contributed by atoms with Gasteiger partial charge in [0.2, 0.25) is 0 Å². The molecule has 0 bridgehead atoms. The Morgan fingerprint density at radius 1 is 1.11 bits per heavy atom. The molecule has 0 aliphatic heterocycles. The standard InChI is InChI=1S/C14H11N3O/c18-9-8-11-4-3-5-12(10-11)17-14-7-2-1-6-13(14)15-16-17/h1-7,9-10H,8H2. The highest BCUT2D eigenvalue weighted by Gasteiger charge is 2.05. The van der Waals surface area contributed by atoms with Crippen molar-refractivity contribution in [1.82, 2.24) is 15.0 Å². The van der Waals surface area contributed by atoms with Crippen LogP contribution in [0, 0.1) is 0 Å². The number of rotatable bonds is 3. The third-order valence-electron chi connectivity index (χ3n) is 2.83. The minimum absolute atomic E-state index is 0.417. The van der Waals surface area contributed by atoms with Gasteiger partial charge in [-0.2, -0.15) is 0 Å². The van der Waals surface area contributed by atoms with Crippen molar-refractivity contribution in [2.75, 3.05) is 0 Å². The molecule has 3 aromatic rings.